The molecular formula is C10H16N2O. The Morgan fingerprint density at radius 3 is 2.54 bits per heavy atom. The van der Waals surface area contributed by atoms with Crippen molar-refractivity contribution in [3.05, 3.63) is 35.4 Å². The van der Waals surface area contributed by atoms with Crippen LogP contribution in [0.4, 0.5) is 0 Å². The number of rotatable bonds is 3. The Balaban J connectivity index is 2.88. The zero-order chi connectivity index (χ0) is 9.84. The highest BCUT2D eigenvalue weighted by atomic mass is 16.3. The summed E-state index contributed by atoms with van der Waals surface area (Å²) in [5.41, 5.74) is 13.2. The summed E-state index contributed by atoms with van der Waals surface area (Å²) in [6.45, 7) is 2.16. The van der Waals surface area contributed by atoms with E-state index in [-0.39, 0.29) is 12.6 Å². The van der Waals surface area contributed by atoms with E-state index in [2.05, 4.69) is 0 Å². The highest BCUT2D eigenvalue weighted by Gasteiger charge is 2.16. The van der Waals surface area contributed by atoms with Crippen LogP contribution in [0.25, 0.3) is 0 Å². The molecule has 72 valence electrons. The maximum absolute atomic E-state index is 9.45. The molecule has 1 rings (SSSR count). The number of hydrogen-bond acceptors (Lipinski definition) is 3. The summed E-state index contributed by atoms with van der Waals surface area (Å²) in [5.74, 6) is 0. The van der Waals surface area contributed by atoms with Crippen molar-refractivity contribution >= 4 is 0 Å². The van der Waals surface area contributed by atoms with Crippen molar-refractivity contribution in [1.29, 1.82) is 0 Å². The second kappa shape index (κ2) is 4.37. The van der Waals surface area contributed by atoms with Crippen LogP contribution >= 0.6 is 0 Å². The van der Waals surface area contributed by atoms with E-state index in [0.717, 1.165) is 11.1 Å². The smallest absolute Gasteiger partial charge is 0.0854 e. The van der Waals surface area contributed by atoms with E-state index in [0.29, 0.717) is 0 Å². The van der Waals surface area contributed by atoms with Crippen LogP contribution in [0.2, 0.25) is 0 Å². The first-order valence-corrected chi connectivity index (χ1v) is 4.36. The molecular weight excluding hydrogens is 164 g/mol. The van der Waals surface area contributed by atoms with E-state index in [9.17, 15) is 5.11 Å². The molecule has 0 amide bonds. The van der Waals surface area contributed by atoms with E-state index < -0.39 is 6.10 Å². The summed E-state index contributed by atoms with van der Waals surface area (Å²) < 4.78 is 0. The van der Waals surface area contributed by atoms with Gasteiger partial charge in [-0.2, -0.15) is 0 Å². The van der Waals surface area contributed by atoms with Crippen LogP contribution in [0.15, 0.2) is 24.3 Å². The second-order valence-corrected chi connectivity index (χ2v) is 3.19. The molecule has 3 heteroatoms. The van der Waals surface area contributed by atoms with Gasteiger partial charge in [-0.1, -0.05) is 24.3 Å². The molecule has 2 unspecified atom stereocenters. The molecule has 0 saturated carbocycles. The first-order valence-electron chi connectivity index (χ1n) is 4.36. The quantitative estimate of drug-likeness (QED) is 0.627. The van der Waals surface area contributed by atoms with Gasteiger partial charge >= 0.3 is 0 Å². The number of nitrogens with two attached hydrogens (primary N) is 2. The summed E-state index contributed by atoms with van der Waals surface area (Å²) in [6, 6.07) is 7.36. The van der Waals surface area contributed by atoms with Crippen LogP contribution in [0.3, 0.4) is 0 Å². The summed E-state index contributed by atoms with van der Waals surface area (Å²) in [5, 5.41) is 9.45. The molecule has 1 aromatic rings. The molecule has 0 spiro atoms. The van der Waals surface area contributed by atoms with Gasteiger partial charge in [0, 0.05) is 6.54 Å². The van der Waals surface area contributed by atoms with Gasteiger partial charge in [0.1, 0.15) is 0 Å². The molecule has 0 radical (unpaired) electrons. The third kappa shape index (κ3) is 2.28. The lowest BCUT2D eigenvalue weighted by molar-refractivity contribution is 0.152. The lowest BCUT2D eigenvalue weighted by Gasteiger charge is -2.19. The van der Waals surface area contributed by atoms with Crippen LogP contribution in [0.1, 0.15) is 17.2 Å². The Hall–Kier alpha value is -0.900. The third-order valence-corrected chi connectivity index (χ3v) is 2.20. The largest absolute Gasteiger partial charge is 0.390 e. The van der Waals surface area contributed by atoms with Crippen LogP contribution in [-0.4, -0.2) is 17.8 Å². The standard InChI is InChI=1S/C10H16N2O/c1-7-4-2-3-5-8(7)10(12)9(13)6-11/h2-5,9-10,13H,6,11-12H2,1H3. The van der Waals surface area contributed by atoms with Crippen LogP contribution in [0.5, 0.6) is 0 Å². The molecule has 1 aromatic carbocycles. The van der Waals surface area contributed by atoms with Crippen molar-refractivity contribution < 1.29 is 5.11 Å². The summed E-state index contributed by atoms with van der Waals surface area (Å²) in [4.78, 5) is 0. The molecule has 2 atom stereocenters. The molecule has 13 heavy (non-hydrogen) atoms. The van der Waals surface area contributed by atoms with Crippen LogP contribution in [0, 0.1) is 6.92 Å². The van der Waals surface area contributed by atoms with E-state index in [4.69, 9.17) is 11.5 Å². The van der Waals surface area contributed by atoms with Gasteiger partial charge in [0.25, 0.3) is 0 Å². The van der Waals surface area contributed by atoms with Gasteiger partial charge in [-0.25, -0.2) is 0 Å². The number of benzene rings is 1. The van der Waals surface area contributed by atoms with Crippen molar-refractivity contribution in [2.45, 2.75) is 19.1 Å². The zero-order valence-corrected chi connectivity index (χ0v) is 7.77. The maximum Gasteiger partial charge on any atom is 0.0854 e. The van der Waals surface area contributed by atoms with E-state index in [1.165, 1.54) is 0 Å². The summed E-state index contributed by atoms with van der Waals surface area (Å²) >= 11 is 0. The second-order valence-electron chi connectivity index (χ2n) is 3.19. The molecule has 0 heterocycles. The lowest BCUT2D eigenvalue weighted by atomic mass is 9.98. The Bertz CT molecular complexity index is 275. The Morgan fingerprint density at radius 2 is 2.00 bits per heavy atom. The molecule has 0 saturated heterocycles. The van der Waals surface area contributed by atoms with Crippen molar-refractivity contribution in [3.8, 4) is 0 Å². The van der Waals surface area contributed by atoms with Crippen molar-refractivity contribution in [2.24, 2.45) is 11.5 Å². The number of hydrogen-bond donors (Lipinski definition) is 3. The summed E-state index contributed by atoms with van der Waals surface area (Å²) in [7, 11) is 0. The molecule has 0 aliphatic carbocycles. The molecule has 0 bridgehead atoms. The van der Waals surface area contributed by atoms with E-state index in [1.54, 1.807) is 0 Å². The predicted molar refractivity (Wildman–Crippen MR) is 53.2 cm³/mol. The lowest BCUT2D eigenvalue weighted by Crippen LogP contribution is -2.33. The zero-order valence-electron chi connectivity index (χ0n) is 7.77. The SMILES string of the molecule is Cc1ccccc1C(N)C(O)CN. The highest BCUT2D eigenvalue weighted by molar-refractivity contribution is 5.29. The van der Waals surface area contributed by atoms with Gasteiger partial charge in [0.2, 0.25) is 0 Å². The van der Waals surface area contributed by atoms with Gasteiger partial charge < -0.3 is 16.6 Å². The fraction of sp³-hybridized carbons (Fsp3) is 0.400. The van der Waals surface area contributed by atoms with Crippen molar-refractivity contribution in [2.75, 3.05) is 6.54 Å². The third-order valence-electron chi connectivity index (χ3n) is 2.20. The molecule has 0 aromatic heterocycles. The fourth-order valence-corrected chi connectivity index (χ4v) is 1.31. The minimum Gasteiger partial charge on any atom is -0.390 e. The normalized spacial score (nSPS) is 15.4. The minimum atomic E-state index is -0.666. The fourth-order valence-electron chi connectivity index (χ4n) is 1.31. The van der Waals surface area contributed by atoms with Gasteiger partial charge in [0.05, 0.1) is 12.1 Å². The molecule has 0 fully saturated rings. The first-order chi connectivity index (χ1) is 6.16. The topological polar surface area (TPSA) is 72.3 Å². The first kappa shape index (κ1) is 10.2. The Morgan fingerprint density at radius 1 is 1.38 bits per heavy atom. The number of aryl methyl sites for hydroxylation is 1. The van der Waals surface area contributed by atoms with Gasteiger partial charge in [0.15, 0.2) is 0 Å². The number of aliphatic hydroxyl groups is 1. The van der Waals surface area contributed by atoms with E-state index >= 15 is 0 Å². The molecule has 0 aliphatic rings. The maximum atomic E-state index is 9.45. The highest BCUT2D eigenvalue weighted by Crippen LogP contribution is 2.17. The molecule has 5 N–H and O–H groups in total. The Kier molecular flexibility index (Phi) is 3.42. The predicted octanol–water partition coefficient (Wildman–Crippen LogP) is 0.314. The molecule has 3 nitrogen and oxygen atoms in total. The van der Waals surface area contributed by atoms with Crippen molar-refractivity contribution in [3.63, 3.8) is 0 Å². The average molecular weight is 180 g/mol. The van der Waals surface area contributed by atoms with Gasteiger partial charge in [-0.3, -0.25) is 0 Å². The monoisotopic (exact) mass is 180 g/mol. The minimum absolute atomic E-state index is 0.190. The molecule has 0 aliphatic heterocycles. The van der Waals surface area contributed by atoms with Crippen molar-refractivity contribution in [1.82, 2.24) is 0 Å². The average Bonchev–Trinajstić information content (AvgIpc) is 2.16. The van der Waals surface area contributed by atoms with E-state index in [1.807, 2.05) is 31.2 Å². The summed E-state index contributed by atoms with van der Waals surface area (Å²) in [6.07, 6.45) is -0.666. The van der Waals surface area contributed by atoms with Crippen LogP contribution in [-0.2, 0) is 0 Å². The number of aliphatic hydroxyl groups excluding tert-OH is 1. The van der Waals surface area contributed by atoms with Gasteiger partial charge in [-0.15, -0.1) is 0 Å². The van der Waals surface area contributed by atoms with Gasteiger partial charge in [-0.05, 0) is 18.1 Å². The Labute approximate surface area is 78.4 Å². The van der Waals surface area contributed by atoms with Crippen LogP contribution < -0.4 is 11.5 Å².